The van der Waals surface area contributed by atoms with Crippen molar-refractivity contribution in [2.45, 2.75) is 6.42 Å². The predicted octanol–water partition coefficient (Wildman–Crippen LogP) is 2.99. The van der Waals surface area contributed by atoms with E-state index in [0.717, 1.165) is 17.8 Å². The first-order valence-electron chi connectivity index (χ1n) is 5.38. The van der Waals surface area contributed by atoms with Crippen molar-refractivity contribution in [2.24, 2.45) is 0 Å². The summed E-state index contributed by atoms with van der Waals surface area (Å²) in [6, 6.07) is 16.0. The zero-order valence-corrected chi connectivity index (χ0v) is 10.4. The Hall–Kier alpha value is -1.74. The van der Waals surface area contributed by atoms with Crippen LogP contribution in [-0.2, 0) is 11.2 Å². The third-order valence-electron chi connectivity index (χ3n) is 2.43. The van der Waals surface area contributed by atoms with E-state index in [9.17, 15) is 0 Å². The molecule has 2 aromatic rings. The van der Waals surface area contributed by atoms with Gasteiger partial charge in [-0.05, 0) is 29.9 Å². The van der Waals surface area contributed by atoms with Crippen LogP contribution in [-0.4, -0.2) is 17.1 Å². The molecule has 0 amide bonds. The Kier molecular flexibility index (Phi) is 3.83. The number of nitrogens with zero attached hydrogens (tertiary/aromatic N) is 1. The van der Waals surface area contributed by atoms with Crippen LogP contribution in [0.2, 0.25) is 0 Å². The largest absolute Gasteiger partial charge is 0.485 e. The molecule has 0 radical (unpaired) electrons. The molecule has 0 unspecified atom stereocenters. The highest BCUT2D eigenvalue weighted by Gasteiger charge is 2.04. The third kappa shape index (κ3) is 3.11. The number of benzene rings is 1. The molecule has 0 aliphatic heterocycles. The average molecular weight is 243 g/mol. The maximum Gasteiger partial charge on any atom is 0.209 e. The fourth-order valence-corrected chi connectivity index (χ4v) is 1.71. The second kappa shape index (κ2) is 5.55. The first kappa shape index (κ1) is 11.7. The van der Waals surface area contributed by atoms with Crippen LogP contribution in [0.15, 0.2) is 48.5 Å². The summed E-state index contributed by atoms with van der Waals surface area (Å²) in [5.41, 5.74) is 2.95. The number of methoxy groups -OCH3 is 1. The molecule has 0 fully saturated rings. The molecule has 1 heterocycles. The number of pyridine rings is 1. The second-order valence-corrected chi connectivity index (χ2v) is 4.04. The lowest BCUT2D eigenvalue weighted by molar-refractivity contribution is 0.414. The van der Waals surface area contributed by atoms with Crippen LogP contribution in [0.1, 0.15) is 17.0 Å². The van der Waals surface area contributed by atoms with Gasteiger partial charge in [0, 0.05) is 12.1 Å². The van der Waals surface area contributed by atoms with Crippen molar-refractivity contribution in [3.8, 4) is 0 Å². The topological polar surface area (TPSA) is 22.1 Å². The third-order valence-corrected chi connectivity index (χ3v) is 2.81. The molecule has 17 heavy (non-hydrogen) atoms. The zero-order chi connectivity index (χ0) is 12.1. The highest BCUT2D eigenvalue weighted by atomic mass is 32.1. The van der Waals surface area contributed by atoms with Crippen molar-refractivity contribution in [3.05, 3.63) is 65.5 Å². The van der Waals surface area contributed by atoms with E-state index in [1.54, 1.807) is 7.11 Å². The summed E-state index contributed by atoms with van der Waals surface area (Å²) in [5.74, 6) is 0. The summed E-state index contributed by atoms with van der Waals surface area (Å²) < 4.78 is 5.01. The quantitative estimate of drug-likeness (QED) is 0.774. The van der Waals surface area contributed by atoms with Gasteiger partial charge in [-0.15, -0.1) is 0 Å². The molecule has 0 saturated carbocycles. The molecule has 0 aliphatic carbocycles. The van der Waals surface area contributed by atoms with E-state index in [2.05, 4.69) is 17.1 Å². The van der Waals surface area contributed by atoms with Crippen molar-refractivity contribution in [1.29, 1.82) is 0 Å². The minimum atomic E-state index is 0.430. The van der Waals surface area contributed by atoms with Crippen LogP contribution in [0, 0.1) is 0 Å². The summed E-state index contributed by atoms with van der Waals surface area (Å²) in [6.45, 7) is 0. The van der Waals surface area contributed by atoms with E-state index in [1.807, 2.05) is 36.4 Å². The molecule has 1 aromatic heterocycles. The Balaban J connectivity index is 2.20. The molecule has 0 saturated heterocycles. The lowest BCUT2D eigenvalue weighted by atomic mass is 10.1. The second-order valence-electron chi connectivity index (χ2n) is 3.67. The molecule has 2 nitrogen and oxygen atoms in total. The average Bonchev–Trinajstić information content (AvgIpc) is 2.39. The van der Waals surface area contributed by atoms with Gasteiger partial charge in [0.2, 0.25) is 5.05 Å². The Bertz CT molecular complexity index is 511. The molecule has 0 spiro atoms. The van der Waals surface area contributed by atoms with Crippen LogP contribution >= 0.6 is 12.2 Å². The van der Waals surface area contributed by atoms with Gasteiger partial charge in [-0.2, -0.15) is 0 Å². The Morgan fingerprint density at radius 1 is 1.12 bits per heavy atom. The number of ether oxygens (including phenoxy) is 1. The van der Waals surface area contributed by atoms with Crippen molar-refractivity contribution < 1.29 is 4.74 Å². The van der Waals surface area contributed by atoms with E-state index in [0.29, 0.717) is 5.05 Å². The molecule has 0 N–H and O–H groups in total. The fraction of sp³-hybridized carbons (Fsp3) is 0.143. The van der Waals surface area contributed by atoms with Gasteiger partial charge in [0.15, 0.2) is 0 Å². The van der Waals surface area contributed by atoms with Gasteiger partial charge in [-0.1, -0.05) is 36.4 Å². The lowest BCUT2D eigenvalue weighted by Gasteiger charge is -2.05. The number of aromatic nitrogens is 1. The lowest BCUT2D eigenvalue weighted by Crippen LogP contribution is -2.04. The van der Waals surface area contributed by atoms with E-state index >= 15 is 0 Å². The molecular weight excluding hydrogens is 230 g/mol. The van der Waals surface area contributed by atoms with Crippen molar-refractivity contribution in [2.75, 3.05) is 7.11 Å². The van der Waals surface area contributed by atoms with Gasteiger partial charge < -0.3 is 4.74 Å². The van der Waals surface area contributed by atoms with Crippen molar-refractivity contribution in [1.82, 2.24) is 4.98 Å². The summed E-state index contributed by atoms with van der Waals surface area (Å²) in [6.07, 6.45) is 0.807. The highest BCUT2D eigenvalue weighted by Crippen LogP contribution is 2.08. The molecule has 2 rings (SSSR count). The minimum Gasteiger partial charge on any atom is -0.485 e. The van der Waals surface area contributed by atoms with Gasteiger partial charge in [-0.25, -0.2) is 4.98 Å². The van der Waals surface area contributed by atoms with Gasteiger partial charge in [0.1, 0.15) is 5.69 Å². The van der Waals surface area contributed by atoms with Crippen LogP contribution in [0.4, 0.5) is 0 Å². The number of hydrogen-bond acceptors (Lipinski definition) is 3. The standard InChI is InChI=1S/C14H13NOS/c1-16-14(17)13-9-5-8-12(15-13)10-11-6-3-2-4-7-11/h2-9H,10H2,1H3. The molecule has 0 bridgehead atoms. The van der Waals surface area contributed by atoms with Gasteiger partial charge >= 0.3 is 0 Å². The molecule has 0 atom stereocenters. The van der Waals surface area contributed by atoms with Crippen molar-refractivity contribution in [3.63, 3.8) is 0 Å². The Morgan fingerprint density at radius 2 is 1.88 bits per heavy atom. The van der Waals surface area contributed by atoms with Crippen LogP contribution in [0.5, 0.6) is 0 Å². The Labute approximate surface area is 106 Å². The summed E-state index contributed by atoms with van der Waals surface area (Å²) >= 11 is 5.06. The monoisotopic (exact) mass is 243 g/mol. The summed E-state index contributed by atoms with van der Waals surface area (Å²) in [5, 5.41) is 0.430. The molecular formula is C14H13NOS. The highest BCUT2D eigenvalue weighted by molar-refractivity contribution is 7.80. The van der Waals surface area contributed by atoms with E-state index < -0.39 is 0 Å². The predicted molar refractivity (Wildman–Crippen MR) is 72.2 cm³/mol. The number of thiocarbonyl (C=S) groups is 1. The molecule has 1 aromatic carbocycles. The molecule has 3 heteroatoms. The smallest absolute Gasteiger partial charge is 0.209 e. The Morgan fingerprint density at radius 3 is 2.59 bits per heavy atom. The van der Waals surface area contributed by atoms with Gasteiger partial charge in [0.25, 0.3) is 0 Å². The summed E-state index contributed by atoms with van der Waals surface area (Å²) in [4.78, 5) is 4.47. The SMILES string of the molecule is COC(=S)c1cccc(Cc2ccccc2)n1. The van der Waals surface area contributed by atoms with Crippen LogP contribution < -0.4 is 0 Å². The first-order chi connectivity index (χ1) is 8.29. The fourth-order valence-electron chi connectivity index (χ4n) is 1.60. The molecule has 86 valence electrons. The molecule has 0 aliphatic rings. The van der Waals surface area contributed by atoms with Gasteiger partial charge in [0.05, 0.1) is 7.11 Å². The van der Waals surface area contributed by atoms with Crippen molar-refractivity contribution >= 4 is 17.3 Å². The minimum absolute atomic E-state index is 0.430. The number of rotatable bonds is 3. The maximum atomic E-state index is 5.06. The zero-order valence-electron chi connectivity index (χ0n) is 9.59. The maximum absolute atomic E-state index is 5.06. The van der Waals surface area contributed by atoms with E-state index in [-0.39, 0.29) is 0 Å². The van der Waals surface area contributed by atoms with Gasteiger partial charge in [-0.3, -0.25) is 0 Å². The number of hydrogen-bond donors (Lipinski definition) is 0. The summed E-state index contributed by atoms with van der Waals surface area (Å²) in [7, 11) is 1.56. The van der Waals surface area contributed by atoms with Crippen LogP contribution in [0.25, 0.3) is 0 Å². The van der Waals surface area contributed by atoms with E-state index in [4.69, 9.17) is 17.0 Å². The van der Waals surface area contributed by atoms with Crippen LogP contribution in [0.3, 0.4) is 0 Å². The first-order valence-corrected chi connectivity index (χ1v) is 5.78. The van der Waals surface area contributed by atoms with E-state index in [1.165, 1.54) is 5.56 Å². The normalized spacial score (nSPS) is 9.94.